The molecule has 0 unspecified atom stereocenters. The normalized spacial score (nSPS) is 44.2. The van der Waals surface area contributed by atoms with Gasteiger partial charge in [0.1, 0.15) is 0 Å². The Morgan fingerprint density at radius 3 is 2.16 bits per heavy atom. The van der Waals surface area contributed by atoms with Crippen molar-refractivity contribution in [3.8, 4) is 0 Å². The van der Waals surface area contributed by atoms with Gasteiger partial charge in [0.15, 0.2) is 0 Å². The van der Waals surface area contributed by atoms with Crippen LogP contribution in [0.1, 0.15) is 92.4 Å². The summed E-state index contributed by atoms with van der Waals surface area (Å²) in [6.45, 7) is 14.4. The van der Waals surface area contributed by atoms with Crippen molar-refractivity contribution in [1.82, 2.24) is 0 Å². The van der Waals surface area contributed by atoms with Gasteiger partial charge < -0.3 is 9.47 Å². The van der Waals surface area contributed by atoms with Crippen LogP contribution in [0.25, 0.3) is 0 Å². The number of allylic oxidation sites excluding steroid dienone is 1. The molecule has 0 saturated heterocycles. The van der Waals surface area contributed by atoms with E-state index in [0.29, 0.717) is 30.1 Å². The maximum atomic E-state index is 11.8. The summed E-state index contributed by atoms with van der Waals surface area (Å²) < 4.78 is 11.3. The summed E-state index contributed by atoms with van der Waals surface area (Å²) in [4.78, 5) is 23.6. The van der Waals surface area contributed by atoms with E-state index in [0.717, 1.165) is 36.5 Å². The summed E-state index contributed by atoms with van der Waals surface area (Å²) in [6, 6.07) is 0. The van der Waals surface area contributed by atoms with Gasteiger partial charge in [-0.3, -0.25) is 9.59 Å². The lowest BCUT2D eigenvalue weighted by atomic mass is 9.44. The summed E-state index contributed by atoms with van der Waals surface area (Å²) in [6.07, 6.45) is 12.2. The highest BCUT2D eigenvalue weighted by Crippen LogP contribution is 2.69. The number of fused-ring (bicyclic) bond motifs is 5. The van der Waals surface area contributed by atoms with Crippen LogP contribution in [0.3, 0.4) is 0 Å². The number of hydrogen-bond acceptors (Lipinski definition) is 4. The molecule has 0 bridgehead atoms. The fourth-order valence-electron chi connectivity index (χ4n) is 9.00. The summed E-state index contributed by atoms with van der Waals surface area (Å²) in [5.74, 6) is 2.39. The third-order valence-electron chi connectivity index (χ3n) is 10.4. The molecule has 4 fully saturated rings. The maximum absolute atomic E-state index is 11.8. The van der Waals surface area contributed by atoms with Gasteiger partial charge in [-0.2, -0.15) is 0 Å². The first-order chi connectivity index (χ1) is 14.5. The second-order valence-electron chi connectivity index (χ2n) is 11.8. The second-order valence-corrected chi connectivity index (χ2v) is 11.8. The van der Waals surface area contributed by atoms with Gasteiger partial charge in [0, 0.05) is 26.7 Å². The molecule has 4 aliphatic rings. The van der Waals surface area contributed by atoms with Gasteiger partial charge in [0.05, 0.1) is 0 Å². The minimum Gasteiger partial charge on any atom is -0.423 e. The van der Waals surface area contributed by atoms with Crippen LogP contribution >= 0.6 is 0 Å². The average molecular weight is 431 g/mol. The molecule has 0 aliphatic heterocycles. The first-order valence-corrected chi connectivity index (χ1v) is 12.6. The Morgan fingerprint density at radius 1 is 0.903 bits per heavy atom. The molecule has 4 heteroatoms. The lowest BCUT2D eigenvalue weighted by molar-refractivity contribution is -0.261. The number of carbonyl (C=O) groups is 2. The van der Waals surface area contributed by atoms with E-state index >= 15 is 0 Å². The van der Waals surface area contributed by atoms with Crippen LogP contribution in [0, 0.1) is 46.3 Å². The zero-order chi connectivity index (χ0) is 22.6. The van der Waals surface area contributed by atoms with Crippen LogP contribution in [0.5, 0.6) is 0 Å². The van der Waals surface area contributed by atoms with Crippen molar-refractivity contribution in [1.29, 1.82) is 0 Å². The molecule has 31 heavy (non-hydrogen) atoms. The van der Waals surface area contributed by atoms with Crippen LogP contribution in [-0.4, -0.2) is 17.7 Å². The maximum Gasteiger partial charge on any atom is 0.305 e. The summed E-state index contributed by atoms with van der Waals surface area (Å²) in [7, 11) is 0. The molecule has 4 rings (SSSR count). The smallest absolute Gasteiger partial charge is 0.305 e. The van der Waals surface area contributed by atoms with Gasteiger partial charge in [-0.15, -0.1) is 6.58 Å². The number of rotatable bonds is 4. The van der Waals surface area contributed by atoms with Crippen LogP contribution in [0.4, 0.5) is 0 Å². The number of ether oxygens (including phenoxy) is 2. The zero-order valence-electron chi connectivity index (χ0n) is 20.2. The minimum atomic E-state index is -1.06. The highest BCUT2D eigenvalue weighted by molar-refractivity contribution is 5.69. The number of carbonyl (C=O) groups excluding carboxylic acids is 2. The first-order valence-electron chi connectivity index (χ1n) is 12.6. The van der Waals surface area contributed by atoms with Gasteiger partial charge >= 0.3 is 11.9 Å². The van der Waals surface area contributed by atoms with E-state index < -0.39 is 5.79 Å². The van der Waals surface area contributed by atoms with E-state index in [4.69, 9.17) is 9.47 Å². The molecular weight excluding hydrogens is 388 g/mol. The molecule has 0 radical (unpaired) electrons. The Balaban J connectivity index is 1.56. The van der Waals surface area contributed by atoms with Crippen molar-refractivity contribution in [3.63, 3.8) is 0 Å². The van der Waals surface area contributed by atoms with E-state index in [9.17, 15) is 9.59 Å². The molecule has 0 aromatic heterocycles. The Morgan fingerprint density at radius 2 is 1.55 bits per heavy atom. The van der Waals surface area contributed by atoms with Gasteiger partial charge in [-0.1, -0.05) is 26.8 Å². The molecule has 174 valence electrons. The van der Waals surface area contributed by atoms with Crippen molar-refractivity contribution in [2.45, 2.75) is 98.2 Å². The lowest BCUT2D eigenvalue weighted by Gasteiger charge is -2.62. The predicted octanol–water partition coefficient (Wildman–Crippen LogP) is 6.29. The average Bonchev–Trinajstić information content (AvgIpc) is 3.04. The van der Waals surface area contributed by atoms with E-state index in [1.807, 2.05) is 0 Å². The standard InChI is InChI=1S/C27H42O4/c1-7-17(2)22-10-11-23-21-9-8-20-16-27(30-18(3)28,31-19(4)29)15-14-25(20,5)24(21)12-13-26(22,23)6/h7,17,20-24H,1,8-16H2,2-6H3/t17-,20-,21+,22-,23+,24+,25+,26-/m1/s1. The van der Waals surface area contributed by atoms with Crippen LogP contribution in [0.2, 0.25) is 0 Å². The molecule has 8 atom stereocenters. The summed E-state index contributed by atoms with van der Waals surface area (Å²) in [5, 5.41) is 0. The Labute approximate surface area is 188 Å². The van der Waals surface area contributed by atoms with Crippen LogP contribution in [-0.2, 0) is 19.1 Å². The van der Waals surface area contributed by atoms with Gasteiger partial charge in [0.25, 0.3) is 5.79 Å². The van der Waals surface area contributed by atoms with Crippen molar-refractivity contribution in [3.05, 3.63) is 12.7 Å². The quantitative estimate of drug-likeness (QED) is 0.299. The van der Waals surface area contributed by atoms with Crippen molar-refractivity contribution in [2.75, 3.05) is 0 Å². The van der Waals surface area contributed by atoms with E-state index in [1.165, 1.54) is 46.0 Å². The Kier molecular flexibility index (Phi) is 5.84. The van der Waals surface area contributed by atoms with Crippen molar-refractivity contribution < 1.29 is 19.1 Å². The fraction of sp³-hybridized carbons (Fsp3) is 0.852. The fourth-order valence-corrected chi connectivity index (χ4v) is 9.00. The zero-order valence-corrected chi connectivity index (χ0v) is 20.2. The SMILES string of the molecule is C=C[C@@H](C)[C@H]1CC[C@H]2[C@@H]3CC[C@@H]4CC(OC(C)=O)(OC(C)=O)CC[C@]4(C)[C@H]3CC[C@]12C. The predicted molar refractivity (Wildman–Crippen MR) is 121 cm³/mol. The Bertz CT molecular complexity index is 728. The van der Waals surface area contributed by atoms with Gasteiger partial charge in [0.2, 0.25) is 0 Å². The molecule has 0 aromatic carbocycles. The number of esters is 2. The molecule has 4 saturated carbocycles. The molecule has 0 aromatic rings. The third-order valence-corrected chi connectivity index (χ3v) is 10.4. The molecule has 0 N–H and O–H groups in total. The topological polar surface area (TPSA) is 52.6 Å². The second kappa shape index (κ2) is 7.92. The van der Waals surface area contributed by atoms with Gasteiger partial charge in [-0.05, 0) is 91.3 Å². The highest BCUT2D eigenvalue weighted by Gasteiger charge is 2.62. The first kappa shape index (κ1) is 22.9. The van der Waals surface area contributed by atoms with Crippen molar-refractivity contribution >= 4 is 11.9 Å². The van der Waals surface area contributed by atoms with Crippen molar-refractivity contribution in [2.24, 2.45) is 46.3 Å². The molecule has 4 nitrogen and oxygen atoms in total. The third kappa shape index (κ3) is 3.66. The molecule has 4 aliphatic carbocycles. The van der Waals surface area contributed by atoms with Gasteiger partial charge in [-0.25, -0.2) is 0 Å². The number of hydrogen-bond donors (Lipinski definition) is 0. The lowest BCUT2D eigenvalue weighted by Crippen LogP contribution is -2.57. The minimum absolute atomic E-state index is 0.246. The molecule has 0 amide bonds. The highest BCUT2D eigenvalue weighted by atomic mass is 16.7. The molecule has 0 heterocycles. The summed E-state index contributed by atoms with van der Waals surface area (Å²) >= 11 is 0. The monoisotopic (exact) mass is 430 g/mol. The van der Waals surface area contributed by atoms with E-state index in [1.54, 1.807) is 0 Å². The van der Waals surface area contributed by atoms with Crippen LogP contribution < -0.4 is 0 Å². The van der Waals surface area contributed by atoms with E-state index in [2.05, 4.69) is 33.4 Å². The largest absolute Gasteiger partial charge is 0.423 e. The van der Waals surface area contributed by atoms with E-state index in [-0.39, 0.29) is 17.4 Å². The molecule has 0 spiro atoms. The Hall–Kier alpha value is -1.32. The van der Waals surface area contributed by atoms with Crippen LogP contribution in [0.15, 0.2) is 12.7 Å². The summed E-state index contributed by atoms with van der Waals surface area (Å²) in [5.41, 5.74) is 0.696. The molecular formula is C27H42O4.